The first-order chi connectivity index (χ1) is 13.0. The van der Waals surface area contributed by atoms with Crippen LogP contribution < -0.4 is 20.1 Å². The van der Waals surface area contributed by atoms with Gasteiger partial charge in [-0.3, -0.25) is 4.90 Å². The van der Waals surface area contributed by atoms with E-state index in [0.717, 1.165) is 36.0 Å². The molecule has 1 aliphatic rings. The van der Waals surface area contributed by atoms with Gasteiger partial charge in [0.05, 0.1) is 0 Å². The summed E-state index contributed by atoms with van der Waals surface area (Å²) in [5.74, 6) is 3.00. The molecule has 0 spiro atoms. The van der Waals surface area contributed by atoms with Gasteiger partial charge in [-0.15, -0.1) is 0 Å². The van der Waals surface area contributed by atoms with Crippen LogP contribution in [0, 0.1) is 0 Å². The van der Waals surface area contributed by atoms with E-state index < -0.39 is 0 Å². The molecule has 0 atom stereocenters. The second kappa shape index (κ2) is 8.90. The normalized spacial score (nSPS) is 12.9. The van der Waals surface area contributed by atoms with Crippen LogP contribution in [0.5, 0.6) is 11.5 Å². The van der Waals surface area contributed by atoms with Crippen molar-refractivity contribution in [1.29, 1.82) is 0 Å². The summed E-state index contributed by atoms with van der Waals surface area (Å²) in [6.07, 6.45) is 1.76. The Kier molecular flexibility index (Phi) is 6.34. The Morgan fingerprint density at radius 1 is 1.04 bits per heavy atom. The molecule has 7 heteroatoms. The highest BCUT2D eigenvalue weighted by Gasteiger charge is 2.14. The van der Waals surface area contributed by atoms with Crippen molar-refractivity contribution in [3.8, 4) is 11.5 Å². The number of fused-ring (bicyclic) bond motifs is 1. The predicted octanol–water partition coefficient (Wildman–Crippen LogP) is 3.35. The second-order valence-electron chi connectivity index (χ2n) is 7.16. The fourth-order valence-electron chi connectivity index (χ4n) is 3.20. The fourth-order valence-corrected chi connectivity index (χ4v) is 3.20. The summed E-state index contributed by atoms with van der Waals surface area (Å²) in [7, 11) is 0. The molecule has 1 aromatic heterocycles. The number of rotatable bonds is 9. The van der Waals surface area contributed by atoms with E-state index in [2.05, 4.69) is 53.2 Å². The Balaban J connectivity index is 1.51. The molecule has 0 radical (unpaired) electrons. The Morgan fingerprint density at radius 2 is 1.81 bits per heavy atom. The first-order valence-corrected chi connectivity index (χ1v) is 9.48. The molecule has 1 aliphatic heterocycles. The maximum absolute atomic E-state index is 5.41. The lowest BCUT2D eigenvalue weighted by atomic mass is 10.2. The Morgan fingerprint density at radius 3 is 2.59 bits per heavy atom. The summed E-state index contributed by atoms with van der Waals surface area (Å²) < 4.78 is 10.7. The van der Waals surface area contributed by atoms with E-state index in [-0.39, 0.29) is 6.79 Å². The molecule has 0 saturated carbocycles. The number of hydrogen-bond donors (Lipinski definition) is 2. The van der Waals surface area contributed by atoms with Gasteiger partial charge in [0.15, 0.2) is 11.5 Å². The van der Waals surface area contributed by atoms with Crippen molar-refractivity contribution in [3.05, 3.63) is 36.0 Å². The van der Waals surface area contributed by atoms with E-state index in [4.69, 9.17) is 9.47 Å². The highest BCUT2D eigenvalue weighted by Crippen LogP contribution is 2.32. The molecule has 2 N–H and O–H groups in total. The van der Waals surface area contributed by atoms with Gasteiger partial charge in [-0.2, -0.15) is 4.98 Å². The zero-order chi connectivity index (χ0) is 19.2. The van der Waals surface area contributed by atoms with E-state index >= 15 is 0 Å². The molecule has 2 aromatic rings. The van der Waals surface area contributed by atoms with Gasteiger partial charge >= 0.3 is 0 Å². The van der Waals surface area contributed by atoms with Crippen molar-refractivity contribution in [3.63, 3.8) is 0 Å². The molecule has 0 amide bonds. The molecule has 0 saturated heterocycles. The molecule has 0 fully saturated rings. The molecular formula is C20H29N5O2. The first-order valence-electron chi connectivity index (χ1n) is 9.48. The van der Waals surface area contributed by atoms with Crippen molar-refractivity contribution in [2.75, 3.05) is 30.5 Å². The van der Waals surface area contributed by atoms with Crippen LogP contribution in [0.2, 0.25) is 0 Å². The number of ether oxygens (including phenoxy) is 2. The predicted molar refractivity (Wildman–Crippen MR) is 107 cm³/mol. The summed E-state index contributed by atoms with van der Waals surface area (Å²) >= 11 is 0. The second-order valence-corrected chi connectivity index (χ2v) is 7.16. The Hall–Kier alpha value is -2.54. The fraction of sp³-hybridized carbons (Fsp3) is 0.500. The summed E-state index contributed by atoms with van der Waals surface area (Å²) in [5, 5.41) is 6.65. The summed E-state index contributed by atoms with van der Waals surface area (Å²) in [5.41, 5.74) is 1.09. The van der Waals surface area contributed by atoms with Crippen LogP contribution in [0.15, 0.2) is 30.5 Å². The average molecular weight is 371 g/mol. The minimum atomic E-state index is 0.286. The largest absolute Gasteiger partial charge is 0.454 e. The van der Waals surface area contributed by atoms with Crippen molar-refractivity contribution in [1.82, 2.24) is 14.9 Å². The van der Waals surface area contributed by atoms with Gasteiger partial charge in [0, 0.05) is 37.9 Å². The maximum Gasteiger partial charge on any atom is 0.231 e. The van der Waals surface area contributed by atoms with Crippen molar-refractivity contribution in [2.45, 2.75) is 46.3 Å². The van der Waals surface area contributed by atoms with E-state index in [0.29, 0.717) is 24.6 Å². The van der Waals surface area contributed by atoms with Crippen molar-refractivity contribution in [2.24, 2.45) is 0 Å². The van der Waals surface area contributed by atoms with Gasteiger partial charge < -0.3 is 20.1 Å². The molecular weight excluding hydrogens is 342 g/mol. The quantitative estimate of drug-likeness (QED) is 0.700. The summed E-state index contributed by atoms with van der Waals surface area (Å²) in [4.78, 5) is 11.3. The molecule has 3 rings (SSSR count). The highest BCUT2D eigenvalue weighted by molar-refractivity contribution is 5.46. The molecule has 27 heavy (non-hydrogen) atoms. The Bertz CT molecular complexity index is 743. The molecule has 0 unspecified atom stereocenters. The third kappa shape index (κ3) is 5.23. The van der Waals surface area contributed by atoms with E-state index in [1.807, 2.05) is 24.3 Å². The minimum absolute atomic E-state index is 0.286. The summed E-state index contributed by atoms with van der Waals surface area (Å²) in [6.45, 7) is 11.6. The first kappa shape index (κ1) is 19.2. The van der Waals surface area contributed by atoms with Crippen LogP contribution in [0.4, 0.5) is 11.8 Å². The van der Waals surface area contributed by atoms with Gasteiger partial charge in [-0.25, -0.2) is 4.98 Å². The third-order valence-corrected chi connectivity index (χ3v) is 4.55. The molecule has 2 heterocycles. The SMILES string of the molecule is CC(C)N(CCNc1ccnc(NCc2ccc3c(c2)OCO3)n1)C(C)C. The number of nitrogens with zero attached hydrogens (tertiary/aromatic N) is 3. The number of benzene rings is 1. The van der Waals surface area contributed by atoms with Crippen LogP contribution >= 0.6 is 0 Å². The number of aromatic nitrogens is 2. The zero-order valence-corrected chi connectivity index (χ0v) is 16.5. The maximum atomic E-state index is 5.41. The average Bonchev–Trinajstić information content (AvgIpc) is 3.11. The van der Waals surface area contributed by atoms with Gasteiger partial charge in [0.1, 0.15) is 5.82 Å². The smallest absolute Gasteiger partial charge is 0.231 e. The van der Waals surface area contributed by atoms with Gasteiger partial charge in [0.2, 0.25) is 12.7 Å². The van der Waals surface area contributed by atoms with Crippen LogP contribution in [0.25, 0.3) is 0 Å². The lowest BCUT2D eigenvalue weighted by Gasteiger charge is -2.30. The summed E-state index contributed by atoms with van der Waals surface area (Å²) in [6, 6.07) is 8.85. The lowest BCUT2D eigenvalue weighted by molar-refractivity contribution is 0.174. The van der Waals surface area contributed by atoms with E-state index in [9.17, 15) is 0 Å². The minimum Gasteiger partial charge on any atom is -0.454 e. The molecule has 0 aliphatic carbocycles. The van der Waals surface area contributed by atoms with Gasteiger partial charge in [-0.05, 0) is 51.5 Å². The molecule has 1 aromatic carbocycles. The number of hydrogen-bond acceptors (Lipinski definition) is 7. The molecule has 0 bridgehead atoms. The van der Waals surface area contributed by atoms with Gasteiger partial charge in [-0.1, -0.05) is 6.07 Å². The van der Waals surface area contributed by atoms with Crippen molar-refractivity contribution >= 4 is 11.8 Å². The highest BCUT2D eigenvalue weighted by atomic mass is 16.7. The lowest BCUT2D eigenvalue weighted by Crippen LogP contribution is -2.40. The third-order valence-electron chi connectivity index (χ3n) is 4.55. The topological polar surface area (TPSA) is 71.5 Å². The van der Waals surface area contributed by atoms with E-state index in [1.54, 1.807) is 6.20 Å². The van der Waals surface area contributed by atoms with Crippen LogP contribution in [0.1, 0.15) is 33.3 Å². The van der Waals surface area contributed by atoms with Crippen LogP contribution in [0.3, 0.4) is 0 Å². The molecule has 146 valence electrons. The number of anilines is 2. The van der Waals surface area contributed by atoms with Crippen molar-refractivity contribution < 1.29 is 9.47 Å². The Labute approximate surface area is 161 Å². The monoisotopic (exact) mass is 371 g/mol. The van der Waals surface area contributed by atoms with E-state index in [1.165, 1.54) is 0 Å². The van der Waals surface area contributed by atoms with Crippen LogP contribution in [-0.2, 0) is 6.54 Å². The standard InChI is InChI=1S/C20H29N5O2/c1-14(2)25(15(3)4)10-9-21-19-7-8-22-20(24-19)23-12-16-5-6-17-18(11-16)27-13-26-17/h5-8,11,14-15H,9-10,12-13H2,1-4H3,(H2,21,22,23,24). The van der Waals surface area contributed by atoms with Gasteiger partial charge in [0.25, 0.3) is 0 Å². The van der Waals surface area contributed by atoms with Crippen LogP contribution in [-0.4, -0.2) is 46.8 Å². The molecule has 7 nitrogen and oxygen atoms in total. The zero-order valence-electron chi connectivity index (χ0n) is 16.5. The number of nitrogens with one attached hydrogen (secondary N) is 2.